The molecule has 2 aliphatic heterocycles. The maximum atomic E-state index is 12.6. The van der Waals surface area contributed by atoms with E-state index in [0.717, 1.165) is 22.4 Å². The fraction of sp³-hybridized carbons (Fsp3) is 0.417. The van der Waals surface area contributed by atoms with Crippen LogP contribution in [0.2, 0.25) is 0 Å². The molecule has 1 saturated heterocycles. The first-order valence-electron chi connectivity index (χ1n) is 11.3. The second-order valence-electron chi connectivity index (χ2n) is 9.13. The van der Waals surface area contributed by atoms with Crippen LogP contribution < -0.4 is 4.90 Å². The van der Waals surface area contributed by atoms with Gasteiger partial charge in [0.1, 0.15) is 12.3 Å². The quantitative estimate of drug-likeness (QED) is 0.514. The van der Waals surface area contributed by atoms with Gasteiger partial charge in [-0.3, -0.25) is 14.7 Å². The monoisotopic (exact) mass is 462 g/mol. The van der Waals surface area contributed by atoms with E-state index in [4.69, 9.17) is 9.47 Å². The molecule has 3 atom stereocenters. The Morgan fingerprint density at radius 2 is 2.00 bits per heavy atom. The standard InChI is InChI=1S/C24H26N6O4/c1-13(2)14(3)23(31)33-12-21-20-10-17-9-15(6-8-19(17)30(20)24(32)34-21)16-5-7-18(25-11-16)22-26-27-28-29(22)4/h5-9,11,13-14,20-21H,10,12H2,1-4H3. The van der Waals surface area contributed by atoms with Crippen LogP contribution in [0.5, 0.6) is 0 Å². The van der Waals surface area contributed by atoms with Gasteiger partial charge in [-0.15, -0.1) is 5.10 Å². The van der Waals surface area contributed by atoms with Gasteiger partial charge in [-0.1, -0.05) is 32.9 Å². The van der Waals surface area contributed by atoms with Crippen LogP contribution in [-0.4, -0.2) is 56.0 Å². The molecule has 34 heavy (non-hydrogen) atoms. The van der Waals surface area contributed by atoms with Crippen LogP contribution >= 0.6 is 0 Å². The predicted molar refractivity (Wildman–Crippen MR) is 123 cm³/mol. The number of benzene rings is 1. The van der Waals surface area contributed by atoms with Gasteiger partial charge in [-0.25, -0.2) is 9.48 Å². The number of hydrogen-bond donors (Lipinski definition) is 0. The van der Waals surface area contributed by atoms with Crippen molar-refractivity contribution in [3.63, 3.8) is 0 Å². The fourth-order valence-corrected chi connectivity index (χ4v) is 4.31. The number of aryl methyl sites for hydroxylation is 1. The van der Waals surface area contributed by atoms with Gasteiger partial charge in [0.25, 0.3) is 0 Å². The predicted octanol–water partition coefficient (Wildman–Crippen LogP) is 3.02. The molecule has 1 aromatic carbocycles. The number of fused-ring (bicyclic) bond motifs is 3. The minimum absolute atomic E-state index is 0.0614. The van der Waals surface area contributed by atoms with Crippen molar-refractivity contribution in [1.82, 2.24) is 25.2 Å². The van der Waals surface area contributed by atoms with E-state index < -0.39 is 12.2 Å². The summed E-state index contributed by atoms with van der Waals surface area (Å²) in [6.07, 6.45) is 1.52. The molecule has 1 fully saturated rings. The van der Waals surface area contributed by atoms with E-state index in [9.17, 15) is 9.59 Å². The minimum Gasteiger partial charge on any atom is -0.461 e. The molecular formula is C24H26N6O4. The number of pyridine rings is 1. The number of carbonyl (C=O) groups excluding carboxylic acids is 2. The molecule has 176 valence electrons. The summed E-state index contributed by atoms with van der Waals surface area (Å²) in [7, 11) is 1.77. The van der Waals surface area contributed by atoms with E-state index in [2.05, 4.69) is 26.6 Å². The molecule has 4 heterocycles. The van der Waals surface area contributed by atoms with Crippen LogP contribution in [0.4, 0.5) is 10.5 Å². The van der Waals surface area contributed by atoms with Crippen LogP contribution in [0.25, 0.3) is 22.6 Å². The highest BCUT2D eigenvalue weighted by atomic mass is 16.6. The average Bonchev–Trinajstić information content (AvgIpc) is 3.51. The Hall–Kier alpha value is -3.82. The molecule has 2 aliphatic rings. The average molecular weight is 463 g/mol. The van der Waals surface area contributed by atoms with Gasteiger partial charge in [-0.2, -0.15) is 0 Å². The first-order valence-corrected chi connectivity index (χ1v) is 11.3. The zero-order valence-electron chi connectivity index (χ0n) is 19.5. The lowest BCUT2D eigenvalue weighted by Crippen LogP contribution is -2.36. The maximum absolute atomic E-state index is 12.6. The van der Waals surface area contributed by atoms with Crippen LogP contribution in [0.1, 0.15) is 26.3 Å². The van der Waals surface area contributed by atoms with Crippen LogP contribution in [0, 0.1) is 11.8 Å². The van der Waals surface area contributed by atoms with Crippen molar-refractivity contribution in [3.8, 4) is 22.6 Å². The zero-order chi connectivity index (χ0) is 24.0. The largest absolute Gasteiger partial charge is 0.461 e. The van der Waals surface area contributed by atoms with Gasteiger partial charge >= 0.3 is 12.1 Å². The number of tetrazole rings is 1. The Morgan fingerprint density at radius 1 is 1.21 bits per heavy atom. The van der Waals surface area contributed by atoms with Crippen molar-refractivity contribution in [3.05, 3.63) is 42.1 Å². The number of aromatic nitrogens is 5. The Labute approximate surface area is 196 Å². The van der Waals surface area contributed by atoms with E-state index in [0.29, 0.717) is 17.9 Å². The number of hydrogen-bond acceptors (Lipinski definition) is 8. The molecule has 0 radical (unpaired) electrons. The van der Waals surface area contributed by atoms with E-state index in [1.807, 2.05) is 45.0 Å². The molecule has 0 spiro atoms. The summed E-state index contributed by atoms with van der Waals surface area (Å²) in [5.41, 5.74) is 4.51. The van der Waals surface area contributed by atoms with Gasteiger partial charge < -0.3 is 9.47 Å². The number of amides is 1. The highest BCUT2D eigenvalue weighted by molar-refractivity contribution is 5.94. The Balaban J connectivity index is 1.32. The number of cyclic esters (lactones) is 1. The number of nitrogens with zero attached hydrogens (tertiary/aromatic N) is 6. The van der Waals surface area contributed by atoms with E-state index in [-0.39, 0.29) is 30.5 Å². The van der Waals surface area contributed by atoms with Crippen LogP contribution in [0.15, 0.2) is 36.5 Å². The number of esters is 1. The second kappa shape index (κ2) is 8.51. The molecule has 3 aromatic rings. The molecule has 3 unspecified atom stereocenters. The molecule has 0 aliphatic carbocycles. The summed E-state index contributed by atoms with van der Waals surface area (Å²) in [6.45, 7) is 5.86. The van der Waals surface area contributed by atoms with E-state index >= 15 is 0 Å². The summed E-state index contributed by atoms with van der Waals surface area (Å²) in [6, 6.07) is 9.64. The normalized spacial score (nSPS) is 19.7. The second-order valence-corrected chi connectivity index (χ2v) is 9.13. The highest BCUT2D eigenvalue weighted by Crippen LogP contribution is 2.40. The van der Waals surface area contributed by atoms with Crippen molar-refractivity contribution < 1.29 is 19.1 Å². The number of rotatable bonds is 6. The van der Waals surface area contributed by atoms with Gasteiger partial charge in [0.15, 0.2) is 11.9 Å². The lowest BCUT2D eigenvalue weighted by Gasteiger charge is -2.19. The Bertz CT molecular complexity index is 1240. The molecule has 2 aromatic heterocycles. The first-order chi connectivity index (χ1) is 16.3. The lowest BCUT2D eigenvalue weighted by molar-refractivity contribution is -0.152. The van der Waals surface area contributed by atoms with Crippen molar-refractivity contribution in [2.75, 3.05) is 11.5 Å². The Morgan fingerprint density at radius 3 is 2.68 bits per heavy atom. The maximum Gasteiger partial charge on any atom is 0.415 e. The molecule has 1 amide bonds. The third kappa shape index (κ3) is 3.78. The highest BCUT2D eigenvalue weighted by Gasteiger charge is 2.48. The third-order valence-corrected chi connectivity index (χ3v) is 6.69. The number of ether oxygens (including phenoxy) is 2. The van der Waals surface area contributed by atoms with Crippen LogP contribution in [-0.2, 0) is 27.7 Å². The smallest absolute Gasteiger partial charge is 0.415 e. The van der Waals surface area contributed by atoms with Gasteiger partial charge in [0.05, 0.1) is 17.6 Å². The lowest BCUT2D eigenvalue weighted by atomic mass is 9.98. The van der Waals surface area contributed by atoms with E-state index in [1.54, 1.807) is 22.8 Å². The van der Waals surface area contributed by atoms with Crippen molar-refractivity contribution in [2.45, 2.75) is 39.3 Å². The van der Waals surface area contributed by atoms with Crippen LogP contribution in [0.3, 0.4) is 0 Å². The summed E-state index contributed by atoms with van der Waals surface area (Å²) in [5, 5.41) is 11.5. The zero-order valence-corrected chi connectivity index (χ0v) is 19.5. The van der Waals surface area contributed by atoms with Gasteiger partial charge in [-0.05, 0) is 52.1 Å². The molecule has 0 saturated carbocycles. The van der Waals surface area contributed by atoms with Crippen molar-refractivity contribution in [2.24, 2.45) is 18.9 Å². The minimum atomic E-state index is -0.493. The molecule has 0 bridgehead atoms. The number of anilines is 1. The molecule has 5 rings (SSSR count). The summed E-state index contributed by atoms with van der Waals surface area (Å²) >= 11 is 0. The van der Waals surface area contributed by atoms with Gasteiger partial charge in [0, 0.05) is 18.8 Å². The molecule has 10 nitrogen and oxygen atoms in total. The van der Waals surface area contributed by atoms with Crippen molar-refractivity contribution in [1.29, 1.82) is 0 Å². The van der Waals surface area contributed by atoms with Crippen molar-refractivity contribution >= 4 is 17.7 Å². The summed E-state index contributed by atoms with van der Waals surface area (Å²) in [5.74, 6) is 0.302. The van der Waals surface area contributed by atoms with Gasteiger partial charge in [0.2, 0.25) is 0 Å². The summed E-state index contributed by atoms with van der Waals surface area (Å²) < 4.78 is 12.6. The Kier molecular flexibility index (Phi) is 5.51. The molecule has 10 heteroatoms. The topological polar surface area (TPSA) is 112 Å². The first kappa shape index (κ1) is 22.0. The summed E-state index contributed by atoms with van der Waals surface area (Å²) in [4.78, 5) is 31.0. The van der Waals surface area contributed by atoms with E-state index in [1.165, 1.54) is 0 Å². The number of carbonyl (C=O) groups is 2. The molecule has 0 N–H and O–H groups in total. The fourth-order valence-electron chi connectivity index (χ4n) is 4.31. The third-order valence-electron chi connectivity index (χ3n) is 6.69. The molecular weight excluding hydrogens is 436 g/mol. The SMILES string of the molecule is CC(C)C(C)C(=O)OCC1OC(=O)N2c3ccc(-c4ccc(-c5nnnn5C)nc4)cc3CC12.